The molecule has 0 radical (unpaired) electrons. The minimum Gasteiger partial charge on any atom is -0.493 e. The molecule has 2 aromatic carbocycles. The molecule has 4 aromatic rings. The van der Waals surface area contributed by atoms with Gasteiger partial charge in [-0.15, -0.1) is 11.3 Å². The first-order valence-electron chi connectivity index (χ1n) is 8.26. The van der Waals surface area contributed by atoms with Crippen LogP contribution in [-0.2, 0) is 0 Å². The molecular weight excluding hydrogens is 381 g/mol. The second kappa shape index (κ2) is 7.61. The minimum absolute atomic E-state index is 0.0313. The maximum Gasteiger partial charge on any atom is 0.262 e. The van der Waals surface area contributed by atoms with Crippen LogP contribution >= 0.6 is 11.3 Å². The number of carbonyl (C=O) groups excluding carboxylic acids is 1. The van der Waals surface area contributed by atoms with Crippen LogP contribution in [0.25, 0.3) is 11.0 Å². The molecule has 0 spiro atoms. The number of thiazole rings is 1. The number of aromatic nitrogens is 1. The van der Waals surface area contributed by atoms with Crippen molar-refractivity contribution in [2.75, 3.05) is 12.4 Å². The number of halogens is 1. The molecular formula is C20H14FN3O3S. The number of benzene rings is 2. The van der Waals surface area contributed by atoms with E-state index in [-0.39, 0.29) is 16.8 Å². The van der Waals surface area contributed by atoms with Crippen LogP contribution in [0.15, 0.2) is 69.5 Å². The van der Waals surface area contributed by atoms with Gasteiger partial charge in [0.25, 0.3) is 5.91 Å². The molecule has 0 atom stereocenters. The van der Waals surface area contributed by atoms with E-state index in [1.54, 1.807) is 48.0 Å². The first-order valence-corrected chi connectivity index (χ1v) is 9.14. The Morgan fingerprint density at radius 2 is 2.11 bits per heavy atom. The number of anilines is 1. The SMILES string of the molecule is COc1cccc2cc(C(=O)Nc3nccs3)c(=Nc3ccccc3F)oc12. The highest BCUT2D eigenvalue weighted by atomic mass is 32.1. The van der Waals surface area contributed by atoms with Crippen LogP contribution in [0.1, 0.15) is 10.4 Å². The molecule has 0 saturated heterocycles. The predicted octanol–water partition coefficient (Wildman–Crippen LogP) is 4.52. The molecule has 1 N–H and O–H groups in total. The molecule has 2 heterocycles. The van der Waals surface area contributed by atoms with Gasteiger partial charge in [0.05, 0.1) is 7.11 Å². The van der Waals surface area contributed by atoms with E-state index in [9.17, 15) is 9.18 Å². The van der Waals surface area contributed by atoms with Crippen molar-refractivity contribution < 1.29 is 18.3 Å². The Balaban J connectivity index is 1.93. The molecule has 0 bridgehead atoms. The Hall–Kier alpha value is -3.52. The molecule has 140 valence electrons. The zero-order valence-electron chi connectivity index (χ0n) is 14.7. The first kappa shape index (κ1) is 17.9. The van der Waals surface area contributed by atoms with Gasteiger partial charge in [-0.1, -0.05) is 24.3 Å². The molecule has 0 aliphatic carbocycles. The first-order chi connectivity index (χ1) is 13.7. The number of fused-ring (bicyclic) bond motifs is 1. The van der Waals surface area contributed by atoms with Crippen LogP contribution in [-0.4, -0.2) is 18.0 Å². The number of methoxy groups -OCH3 is 1. The number of hydrogen-bond acceptors (Lipinski definition) is 6. The lowest BCUT2D eigenvalue weighted by molar-refractivity contribution is 0.102. The van der Waals surface area contributed by atoms with E-state index >= 15 is 0 Å². The fraction of sp³-hybridized carbons (Fsp3) is 0.0500. The van der Waals surface area contributed by atoms with E-state index in [2.05, 4.69) is 15.3 Å². The average molecular weight is 395 g/mol. The smallest absolute Gasteiger partial charge is 0.262 e. The number of rotatable bonds is 4. The summed E-state index contributed by atoms with van der Waals surface area (Å²) >= 11 is 1.28. The summed E-state index contributed by atoms with van der Waals surface area (Å²) in [6.45, 7) is 0. The van der Waals surface area contributed by atoms with E-state index in [0.29, 0.717) is 21.9 Å². The van der Waals surface area contributed by atoms with E-state index in [1.165, 1.54) is 30.6 Å². The fourth-order valence-electron chi connectivity index (χ4n) is 2.63. The van der Waals surface area contributed by atoms with Crippen LogP contribution in [0.3, 0.4) is 0 Å². The third-order valence-corrected chi connectivity index (χ3v) is 4.62. The number of nitrogens with zero attached hydrogens (tertiary/aromatic N) is 2. The van der Waals surface area contributed by atoms with E-state index in [4.69, 9.17) is 9.15 Å². The van der Waals surface area contributed by atoms with Crippen LogP contribution < -0.4 is 15.6 Å². The molecule has 0 saturated carbocycles. The van der Waals surface area contributed by atoms with Crippen molar-refractivity contribution in [3.8, 4) is 5.75 Å². The predicted molar refractivity (Wildman–Crippen MR) is 104 cm³/mol. The summed E-state index contributed by atoms with van der Waals surface area (Å²) in [5, 5.41) is 5.53. The molecule has 0 aliphatic heterocycles. The lowest BCUT2D eigenvalue weighted by Crippen LogP contribution is -2.21. The van der Waals surface area contributed by atoms with Crippen LogP contribution in [0.2, 0.25) is 0 Å². The molecule has 0 aliphatic rings. The second-order valence-corrected chi connectivity index (χ2v) is 6.59. The maximum atomic E-state index is 14.1. The van der Waals surface area contributed by atoms with Crippen LogP contribution in [0.5, 0.6) is 5.75 Å². The molecule has 28 heavy (non-hydrogen) atoms. The summed E-state index contributed by atoms with van der Waals surface area (Å²) in [6.07, 6.45) is 1.58. The van der Waals surface area contributed by atoms with Gasteiger partial charge in [0.15, 0.2) is 16.5 Å². The quantitative estimate of drug-likeness (QED) is 0.551. The summed E-state index contributed by atoms with van der Waals surface area (Å²) in [6, 6.07) is 12.9. The highest BCUT2D eigenvalue weighted by Gasteiger charge is 2.16. The van der Waals surface area contributed by atoms with Crippen molar-refractivity contribution in [2.45, 2.75) is 0 Å². The summed E-state index contributed by atoms with van der Waals surface area (Å²) in [5.74, 6) is -0.503. The zero-order valence-corrected chi connectivity index (χ0v) is 15.5. The standard InChI is InChI=1S/C20H14FN3O3S/c1-26-16-8-4-5-12-11-13(18(25)24-20-22-9-10-28-20)19(27-17(12)16)23-15-7-3-2-6-14(15)21/h2-11H,1H3,(H,22,24,25). The number of ether oxygens (including phenoxy) is 1. The molecule has 6 nitrogen and oxygen atoms in total. The lowest BCUT2D eigenvalue weighted by Gasteiger charge is -2.08. The Kier molecular flexibility index (Phi) is 4.86. The minimum atomic E-state index is -0.524. The largest absolute Gasteiger partial charge is 0.493 e. The summed E-state index contributed by atoms with van der Waals surface area (Å²) < 4.78 is 25.3. The Bertz CT molecular complexity index is 1220. The van der Waals surface area contributed by atoms with Crippen molar-refractivity contribution in [1.82, 2.24) is 4.98 Å². The topological polar surface area (TPSA) is 76.7 Å². The van der Waals surface area contributed by atoms with Crippen molar-refractivity contribution >= 4 is 39.0 Å². The van der Waals surface area contributed by atoms with Gasteiger partial charge in [0.1, 0.15) is 17.1 Å². The van der Waals surface area contributed by atoms with Gasteiger partial charge in [-0.2, -0.15) is 0 Å². The third kappa shape index (κ3) is 3.49. The van der Waals surface area contributed by atoms with Gasteiger partial charge in [0, 0.05) is 17.0 Å². The number of nitrogens with one attached hydrogen (secondary N) is 1. The second-order valence-electron chi connectivity index (χ2n) is 5.70. The summed E-state index contributed by atoms with van der Waals surface area (Å²) in [5.41, 5.74) is 0.588. The van der Waals surface area contributed by atoms with Crippen LogP contribution in [0, 0.1) is 5.82 Å². The molecule has 8 heteroatoms. The number of carbonyl (C=O) groups is 1. The Labute approximate surface area is 163 Å². The lowest BCUT2D eigenvalue weighted by atomic mass is 10.1. The zero-order chi connectivity index (χ0) is 19.5. The van der Waals surface area contributed by atoms with Gasteiger partial charge in [-0.05, 0) is 24.3 Å². The fourth-order valence-corrected chi connectivity index (χ4v) is 3.16. The maximum absolute atomic E-state index is 14.1. The molecule has 4 rings (SSSR count). The number of hydrogen-bond donors (Lipinski definition) is 1. The van der Waals surface area contributed by atoms with Gasteiger partial charge >= 0.3 is 0 Å². The normalized spacial score (nSPS) is 11.6. The highest BCUT2D eigenvalue weighted by Crippen LogP contribution is 2.25. The van der Waals surface area contributed by atoms with Gasteiger partial charge < -0.3 is 9.15 Å². The van der Waals surface area contributed by atoms with Crippen molar-refractivity contribution in [1.29, 1.82) is 0 Å². The number of para-hydroxylation sites is 2. The van der Waals surface area contributed by atoms with Crippen molar-refractivity contribution in [3.05, 3.63) is 77.0 Å². The Morgan fingerprint density at radius 1 is 1.25 bits per heavy atom. The average Bonchev–Trinajstić information content (AvgIpc) is 3.21. The van der Waals surface area contributed by atoms with E-state index in [1.807, 2.05) is 0 Å². The summed E-state index contributed by atoms with van der Waals surface area (Å²) in [4.78, 5) is 21.1. The third-order valence-electron chi connectivity index (χ3n) is 3.93. The van der Waals surface area contributed by atoms with E-state index < -0.39 is 11.7 Å². The monoisotopic (exact) mass is 395 g/mol. The number of amides is 1. The van der Waals surface area contributed by atoms with Gasteiger partial charge in [0.2, 0.25) is 5.55 Å². The summed E-state index contributed by atoms with van der Waals surface area (Å²) in [7, 11) is 1.51. The van der Waals surface area contributed by atoms with Gasteiger partial charge in [-0.3, -0.25) is 10.1 Å². The van der Waals surface area contributed by atoms with E-state index in [0.717, 1.165) is 0 Å². The molecule has 1 amide bonds. The van der Waals surface area contributed by atoms with Crippen LogP contribution in [0.4, 0.5) is 15.2 Å². The highest BCUT2D eigenvalue weighted by molar-refractivity contribution is 7.13. The Morgan fingerprint density at radius 3 is 2.86 bits per heavy atom. The molecule has 2 aromatic heterocycles. The van der Waals surface area contributed by atoms with Gasteiger partial charge in [-0.25, -0.2) is 14.4 Å². The molecule has 0 fully saturated rings. The van der Waals surface area contributed by atoms with Crippen molar-refractivity contribution in [2.24, 2.45) is 4.99 Å². The van der Waals surface area contributed by atoms with Crippen molar-refractivity contribution in [3.63, 3.8) is 0 Å². The molecule has 0 unspecified atom stereocenters.